The first-order valence-electron chi connectivity index (χ1n) is 5.89. The van der Waals surface area contributed by atoms with Crippen molar-refractivity contribution in [2.24, 2.45) is 0 Å². The molecule has 0 N–H and O–H groups in total. The number of halogens is 3. The molecule has 0 saturated carbocycles. The van der Waals surface area contributed by atoms with Crippen molar-refractivity contribution in [3.05, 3.63) is 46.5 Å². The van der Waals surface area contributed by atoms with E-state index in [0.29, 0.717) is 11.3 Å². The molecule has 0 unspecified atom stereocenters. The zero-order chi connectivity index (χ0) is 15.1. The van der Waals surface area contributed by atoms with Gasteiger partial charge in [-0.3, -0.25) is 0 Å². The van der Waals surface area contributed by atoms with E-state index >= 15 is 0 Å². The molecule has 2 rings (SSSR count). The Kier molecular flexibility index (Phi) is 3.30. The van der Waals surface area contributed by atoms with E-state index in [1.807, 2.05) is 6.07 Å². The van der Waals surface area contributed by atoms with Gasteiger partial charge in [-0.1, -0.05) is 0 Å². The van der Waals surface area contributed by atoms with Crippen molar-refractivity contribution in [1.82, 2.24) is 9.78 Å². The lowest BCUT2D eigenvalue weighted by molar-refractivity contribution is 0.0124. The Labute approximate surface area is 114 Å². The second-order valence-corrected chi connectivity index (χ2v) is 4.71. The zero-order valence-electron chi connectivity index (χ0n) is 11.2. The van der Waals surface area contributed by atoms with E-state index in [4.69, 9.17) is 5.26 Å². The monoisotopic (exact) mass is 279 g/mol. The van der Waals surface area contributed by atoms with E-state index in [1.165, 1.54) is 12.1 Å². The van der Waals surface area contributed by atoms with Crippen LogP contribution in [0.25, 0.3) is 5.69 Å². The van der Waals surface area contributed by atoms with Crippen LogP contribution >= 0.6 is 0 Å². The van der Waals surface area contributed by atoms with Crippen molar-refractivity contribution in [1.29, 1.82) is 5.26 Å². The minimum atomic E-state index is -3.09. The van der Waals surface area contributed by atoms with Crippen LogP contribution in [0, 0.1) is 31.0 Å². The zero-order valence-corrected chi connectivity index (χ0v) is 11.2. The van der Waals surface area contributed by atoms with E-state index < -0.39 is 17.4 Å². The van der Waals surface area contributed by atoms with Gasteiger partial charge < -0.3 is 0 Å². The molecule has 0 saturated heterocycles. The molecule has 1 aromatic heterocycles. The van der Waals surface area contributed by atoms with Crippen molar-refractivity contribution in [3.63, 3.8) is 0 Å². The predicted molar refractivity (Wildman–Crippen MR) is 67.3 cm³/mol. The van der Waals surface area contributed by atoms with Crippen molar-refractivity contribution >= 4 is 0 Å². The van der Waals surface area contributed by atoms with Gasteiger partial charge in [0, 0.05) is 12.6 Å². The van der Waals surface area contributed by atoms with Gasteiger partial charge in [0.1, 0.15) is 17.2 Å². The molecule has 1 heterocycles. The summed E-state index contributed by atoms with van der Waals surface area (Å²) in [6.45, 7) is 3.91. The molecule has 0 aliphatic heterocycles. The first-order chi connectivity index (χ1) is 9.24. The molecule has 0 radical (unpaired) electrons. The Morgan fingerprint density at radius 2 is 1.90 bits per heavy atom. The van der Waals surface area contributed by atoms with E-state index in [2.05, 4.69) is 5.10 Å². The first kappa shape index (κ1) is 14.1. The van der Waals surface area contributed by atoms with Gasteiger partial charge in [0.25, 0.3) is 5.92 Å². The molecule has 0 atom stereocenters. The quantitative estimate of drug-likeness (QED) is 0.842. The Morgan fingerprint density at radius 1 is 1.25 bits per heavy atom. The highest BCUT2D eigenvalue weighted by Crippen LogP contribution is 2.28. The summed E-state index contributed by atoms with van der Waals surface area (Å²) in [5, 5.41) is 12.5. The molecule has 0 bridgehead atoms. The Bertz CT molecular complexity index is 682. The van der Waals surface area contributed by atoms with Gasteiger partial charge in [-0.2, -0.15) is 19.1 Å². The van der Waals surface area contributed by atoms with Crippen LogP contribution in [0.2, 0.25) is 0 Å². The number of rotatable bonds is 2. The van der Waals surface area contributed by atoms with E-state index in [-0.39, 0.29) is 11.3 Å². The van der Waals surface area contributed by atoms with Crippen LogP contribution in [0.15, 0.2) is 18.2 Å². The Balaban J connectivity index is 2.64. The maximum atomic E-state index is 14.1. The molecule has 6 heteroatoms. The summed E-state index contributed by atoms with van der Waals surface area (Å²) in [6, 6.07) is 5.61. The van der Waals surface area contributed by atoms with Crippen LogP contribution in [-0.4, -0.2) is 9.78 Å². The number of hydrogen-bond acceptors (Lipinski definition) is 2. The first-order valence-corrected chi connectivity index (χ1v) is 5.89. The van der Waals surface area contributed by atoms with Gasteiger partial charge in [-0.05, 0) is 37.6 Å². The molecule has 0 spiro atoms. The lowest BCUT2D eigenvalue weighted by atomic mass is 10.1. The van der Waals surface area contributed by atoms with Gasteiger partial charge in [0.05, 0.1) is 11.6 Å². The van der Waals surface area contributed by atoms with Crippen LogP contribution in [0.5, 0.6) is 0 Å². The summed E-state index contributed by atoms with van der Waals surface area (Å²) in [5.74, 6) is -3.76. The predicted octanol–water partition coefficient (Wildman–Crippen LogP) is 3.61. The summed E-state index contributed by atoms with van der Waals surface area (Å²) in [7, 11) is 0. The number of hydrogen-bond donors (Lipinski definition) is 0. The highest BCUT2D eigenvalue weighted by molar-refractivity contribution is 5.48. The fourth-order valence-electron chi connectivity index (χ4n) is 1.98. The molecule has 104 valence electrons. The molecule has 2 aromatic rings. The van der Waals surface area contributed by atoms with Crippen LogP contribution in [0.4, 0.5) is 13.2 Å². The third kappa shape index (κ3) is 2.39. The second kappa shape index (κ2) is 4.67. The van der Waals surface area contributed by atoms with Crippen LogP contribution in [0.1, 0.15) is 29.4 Å². The Morgan fingerprint density at radius 3 is 2.35 bits per heavy atom. The van der Waals surface area contributed by atoms with Crippen LogP contribution in [0.3, 0.4) is 0 Å². The van der Waals surface area contributed by atoms with Crippen molar-refractivity contribution < 1.29 is 13.2 Å². The third-order valence-electron chi connectivity index (χ3n) is 2.93. The number of alkyl halides is 2. The van der Waals surface area contributed by atoms with Gasteiger partial charge in [-0.15, -0.1) is 0 Å². The lowest BCUT2D eigenvalue weighted by Crippen LogP contribution is -2.10. The molecule has 0 aliphatic carbocycles. The molecular formula is C14H12F3N3. The third-order valence-corrected chi connectivity index (χ3v) is 2.93. The average molecular weight is 279 g/mol. The number of benzene rings is 1. The highest BCUT2D eigenvalue weighted by atomic mass is 19.3. The molecule has 0 amide bonds. The van der Waals surface area contributed by atoms with E-state index in [0.717, 1.165) is 17.7 Å². The largest absolute Gasteiger partial charge is 0.288 e. The summed E-state index contributed by atoms with van der Waals surface area (Å²) < 4.78 is 41.7. The standard InChI is InChI=1S/C14H12F3N3/c1-8-4-10(7-18)6-11(15)13(8)20-9(2)5-12(19-20)14(3,16)17/h4-6H,1-3H3. The van der Waals surface area contributed by atoms with E-state index in [9.17, 15) is 13.2 Å². The van der Waals surface area contributed by atoms with Crippen LogP contribution < -0.4 is 0 Å². The van der Waals surface area contributed by atoms with Crippen molar-refractivity contribution in [2.45, 2.75) is 26.7 Å². The fraction of sp³-hybridized carbons (Fsp3) is 0.286. The number of nitrogens with zero attached hydrogens (tertiary/aromatic N) is 3. The second-order valence-electron chi connectivity index (χ2n) is 4.71. The maximum Gasteiger partial charge on any atom is 0.288 e. The molecule has 0 aliphatic rings. The van der Waals surface area contributed by atoms with Gasteiger partial charge in [0.2, 0.25) is 0 Å². The van der Waals surface area contributed by atoms with E-state index in [1.54, 1.807) is 13.8 Å². The summed E-state index contributed by atoms with van der Waals surface area (Å²) in [4.78, 5) is 0. The number of nitriles is 1. The summed E-state index contributed by atoms with van der Waals surface area (Å²) in [6.07, 6.45) is 0. The van der Waals surface area contributed by atoms with Gasteiger partial charge in [-0.25, -0.2) is 9.07 Å². The molecule has 0 fully saturated rings. The fourth-order valence-corrected chi connectivity index (χ4v) is 1.98. The van der Waals surface area contributed by atoms with Crippen molar-refractivity contribution in [2.75, 3.05) is 0 Å². The highest BCUT2D eigenvalue weighted by Gasteiger charge is 2.29. The van der Waals surface area contributed by atoms with Crippen molar-refractivity contribution in [3.8, 4) is 11.8 Å². The molecule has 20 heavy (non-hydrogen) atoms. The molecular weight excluding hydrogens is 267 g/mol. The Hall–Kier alpha value is -2.29. The topological polar surface area (TPSA) is 41.6 Å². The summed E-state index contributed by atoms with van der Waals surface area (Å²) in [5.41, 5.74) is 0.691. The lowest BCUT2D eigenvalue weighted by Gasteiger charge is -2.10. The number of aromatic nitrogens is 2. The molecule has 3 nitrogen and oxygen atoms in total. The minimum Gasteiger partial charge on any atom is -0.234 e. The maximum absolute atomic E-state index is 14.1. The van der Waals surface area contributed by atoms with Gasteiger partial charge >= 0.3 is 0 Å². The molecule has 1 aromatic carbocycles. The minimum absolute atomic E-state index is 0.0806. The SMILES string of the molecule is Cc1cc(C#N)cc(F)c1-n1nc(C(C)(F)F)cc1C. The normalized spacial score (nSPS) is 11.4. The smallest absolute Gasteiger partial charge is 0.234 e. The van der Waals surface area contributed by atoms with Crippen LogP contribution in [-0.2, 0) is 5.92 Å². The average Bonchev–Trinajstić information content (AvgIpc) is 2.70. The summed E-state index contributed by atoms with van der Waals surface area (Å²) >= 11 is 0. The number of aryl methyl sites for hydroxylation is 2. The van der Waals surface area contributed by atoms with Gasteiger partial charge in [0.15, 0.2) is 0 Å².